The van der Waals surface area contributed by atoms with Crippen LogP contribution in [-0.2, 0) is 9.53 Å². The number of halogens is 1. The lowest BCUT2D eigenvalue weighted by molar-refractivity contribution is -0.122. The molecular formula is C15H31IN4O2. The number of hydrogen-bond acceptors (Lipinski definition) is 3. The Hall–Kier alpha value is -0.570. The fraction of sp³-hybridized carbons (Fsp3) is 0.867. The highest BCUT2D eigenvalue weighted by Gasteiger charge is 2.28. The van der Waals surface area contributed by atoms with Gasteiger partial charge in [-0.15, -0.1) is 24.0 Å². The van der Waals surface area contributed by atoms with E-state index >= 15 is 0 Å². The lowest BCUT2D eigenvalue weighted by atomic mass is 10.4. The first-order valence-corrected chi connectivity index (χ1v) is 8.15. The molecule has 3 N–H and O–H groups in total. The number of rotatable bonds is 11. The average molecular weight is 426 g/mol. The summed E-state index contributed by atoms with van der Waals surface area (Å²) in [6.07, 6.45) is 4.34. The highest BCUT2D eigenvalue weighted by molar-refractivity contribution is 14.0. The van der Waals surface area contributed by atoms with E-state index in [9.17, 15) is 4.79 Å². The quantitative estimate of drug-likeness (QED) is 0.203. The fourth-order valence-electron chi connectivity index (χ4n) is 1.77. The molecule has 0 radical (unpaired) electrons. The van der Waals surface area contributed by atoms with Crippen LogP contribution in [0.4, 0.5) is 0 Å². The number of aliphatic imine (C=N–C) groups is 1. The van der Waals surface area contributed by atoms with Gasteiger partial charge in [0.05, 0.1) is 13.2 Å². The molecule has 22 heavy (non-hydrogen) atoms. The second-order valence-electron chi connectivity index (χ2n) is 5.22. The molecule has 0 unspecified atom stereocenters. The predicted molar refractivity (Wildman–Crippen MR) is 101 cm³/mol. The topological polar surface area (TPSA) is 74.8 Å². The molecule has 6 nitrogen and oxygen atoms in total. The van der Waals surface area contributed by atoms with Crippen molar-refractivity contribution in [2.75, 3.05) is 39.4 Å². The summed E-state index contributed by atoms with van der Waals surface area (Å²) in [6.45, 7) is 8.41. The summed E-state index contributed by atoms with van der Waals surface area (Å²) in [7, 11) is 0. The zero-order valence-electron chi connectivity index (χ0n) is 13.8. The van der Waals surface area contributed by atoms with Crippen LogP contribution in [0.1, 0.15) is 39.5 Å². The van der Waals surface area contributed by atoms with Crippen molar-refractivity contribution in [1.82, 2.24) is 16.0 Å². The number of ether oxygens (including phenoxy) is 1. The monoisotopic (exact) mass is 426 g/mol. The number of nitrogens with one attached hydrogen (secondary N) is 3. The lowest BCUT2D eigenvalue weighted by Gasteiger charge is -2.11. The van der Waals surface area contributed by atoms with Crippen LogP contribution in [0.15, 0.2) is 4.99 Å². The molecule has 0 saturated heterocycles. The van der Waals surface area contributed by atoms with Gasteiger partial charge in [-0.3, -0.25) is 9.79 Å². The van der Waals surface area contributed by atoms with Crippen molar-refractivity contribution in [3.8, 4) is 0 Å². The van der Waals surface area contributed by atoms with Crippen molar-refractivity contribution < 1.29 is 9.53 Å². The minimum atomic E-state index is 0. The van der Waals surface area contributed by atoms with Gasteiger partial charge in [-0.25, -0.2) is 0 Å². The summed E-state index contributed by atoms with van der Waals surface area (Å²) in [5.41, 5.74) is 0. The van der Waals surface area contributed by atoms with Crippen LogP contribution < -0.4 is 16.0 Å². The molecule has 1 amide bonds. The molecule has 0 aromatic rings. The molecule has 0 spiro atoms. The van der Waals surface area contributed by atoms with Gasteiger partial charge >= 0.3 is 0 Å². The van der Waals surface area contributed by atoms with Gasteiger partial charge in [-0.1, -0.05) is 13.3 Å². The number of hydrogen-bond donors (Lipinski definition) is 3. The molecule has 1 fully saturated rings. The smallest absolute Gasteiger partial charge is 0.223 e. The van der Waals surface area contributed by atoms with E-state index in [4.69, 9.17) is 4.74 Å². The molecule has 7 heteroatoms. The maximum absolute atomic E-state index is 11.5. The van der Waals surface area contributed by atoms with Crippen molar-refractivity contribution in [3.05, 3.63) is 0 Å². The second-order valence-corrected chi connectivity index (χ2v) is 5.22. The molecule has 130 valence electrons. The Labute approximate surface area is 151 Å². The summed E-state index contributed by atoms with van der Waals surface area (Å²) in [5.74, 6) is 1.23. The summed E-state index contributed by atoms with van der Waals surface area (Å²) < 4.78 is 5.47. The number of amides is 1. The van der Waals surface area contributed by atoms with Gasteiger partial charge in [0.2, 0.25) is 5.91 Å². The van der Waals surface area contributed by atoms with Crippen molar-refractivity contribution >= 4 is 35.8 Å². The molecule has 1 rings (SSSR count). The van der Waals surface area contributed by atoms with E-state index in [2.05, 4.69) is 27.9 Å². The first-order chi connectivity index (χ1) is 10.3. The molecule has 0 aromatic heterocycles. The summed E-state index contributed by atoms with van der Waals surface area (Å²) in [5, 5.41) is 9.31. The maximum atomic E-state index is 11.5. The molecular weight excluding hydrogens is 395 g/mol. The fourth-order valence-corrected chi connectivity index (χ4v) is 1.77. The second kappa shape index (κ2) is 14.0. The predicted octanol–water partition coefficient (Wildman–Crippen LogP) is 1.50. The van der Waals surface area contributed by atoms with E-state index in [1.165, 1.54) is 0 Å². The van der Waals surface area contributed by atoms with Gasteiger partial charge in [0.1, 0.15) is 0 Å². The standard InChI is InChI=1S/C15H30N4O2.HI/c1-3-5-11-21-12-10-19-15(16-4-2)18-9-8-17-14(20)13-6-7-13;/h13H,3-12H2,1-2H3,(H,17,20)(H2,16,18,19);1H. The molecule has 1 aliphatic rings. The SMILES string of the molecule is CCCCOCCN=C(NCC)NCCNC(=O)C1CC1.I. The Morgan fingerprint density at radius 1 is 1.14 bits per heavy atom. The van der Waals surface area contributed by atoms with Crippen LogP contribution in [0, 0.1) is 5.92 Å². The van der Waals surface area contributed by atoms with E-state index in [0.717, 1.165) is 44.8 Å². The third-order valence-electron chi connectivity index (χ3n) is 3.16. The highest BCUT2D eigenvalue weighted by atomic mass is 127. The third kappa shape index (κ3) is 11.1. The van der Waals surface area contributed by atoms with Gasteiger partial charge in [0, 0.05) is 32.2 Å². The molecule has 1 saturated carbocycles. The molecule has 0 atom stereocenters. The Morgan fingerprint density at radius 3 is 2.50 bits per heavy atom. The van der Waals surface area contributed by atoms with E-state index in [-0.39, 0.29) is 35.8 Å². The van der Waals surface area contributed by atoms with Gasteiger partial charge < -0.3 is 20.7 Å². The number of guanidine groups is 1. The van der Waals surface area contributed by atoms with Crippen LogP contribution in [0.25, 0.3) is 0 Å². The van der Waals surface area contributed by atoms with E-state index in [1.54, 1.807) is 0 Å². The normalized spacial score (nSPS) is 14.2. The Morgan fingerprint density at radius 2 is 1.86 bits per heavy atom. The van der Waals surface area contributed by atoms with Gasteiger partial charge in [0.25, 0.3) is 0 Å². The number of unbranched alkanes of at least 4 members (excludes halogenated alkanes) is 1. The van der Waals surface area contributed by atoms with Crippen LogP contribution in [-0.4, -0.2) is 51.3 Å². The van der Waals surface area contributed by atoms with Crippen molar-refractivity contribution in [2.24, 2.45) is 10.9 Å². The minimum absolute atomic E-state index is 0. The van der Waals surface area contributed by atoms with Gasteiger partial charge in [-0.05, 0) is 26.2 Å². The number of carbonyl (C=O) groups excluding carboxylic acids is 1. The Balaban J connectivity index is 0.00000441. The molecule has 0 bridgehead atoms. The largest absolute Gasteiger partial charge is 0.380 e. The number of carbonyl (C=O) groups is 1. The van der Waals surface area contributed by atoms with Crippen LogP contribution in [0.5, 0.6) is 0 Å². The van der Waals surface area contributed by atoms with E-state index < -0.39 is 0 Å². The lowest BCUT2D eigenvalue weighted by Crippen LogP contribution is -2.42. The molecule has 0 heterocycles. The zero-order chi connectivity index (χ0) is 15.3. The maximum Gasteiger partial charge on any atom is 0.223 e. The van der Waals surface area contributed by atoms with Crippen LogP contribution in [0.3, 0.4) is 0 Å². The van der Waals surface area contributed by atoms with Crippen molar-refractivity contribution in [3.63, 3.8) is 0 Å². The first-order valence-electron chi connectivity index (χ1n) is 8.15. The van der Waals surface area contributed by atoms with E-state index in [1.807, 2.05) is 6.92 Å². The first kappa shape index (κ1) is 21.4. The minimum Gasteiger partial charge on any atom is -0.380 e. The zero-order valence-corrected chi connectivity index (χ0v) is 16.2. The molecule has 0 aliphatic heterocycles. The van der Waals surface area contributed by atoms with Gasteiger partial charge in [-0.2, -0.15) is 0 Å². The molecule has 0 aromatic carbocycles. The number of nitrogens with zero attached hydrogens (tertiary/aromatic N) is 1. The molecule has 1 aliphatic carbocycles. The summed E-state index contributed by atoms with van der Waals surface area (Å²) >= 11 is 0. The van der Waals surface area contributed by atoms with Crippen LogP contribution >= 0.6 is 24.0 Å². The van der Waals surface area contributed by atoms with Crippen molar-refractivity contribution in [2.45, 2.75) is 39.5 Å². The summed E-state index contributed by atoms with van der Waals surface area (Å²) in [4.78, 5) is 15.9. The van der Waals surface area contributed by atoms with E-state index in [0.29, 0.717) is 26.2 Å². The highest BCUT2D eigenvalue weighted by Crippen LogP contribution is 2.28. The van der Waals surface area contributed by atoms with Gasteiger partial charge in [0.15, 0.2) is 5.96 Å². The third-order valence-corrected chi connectivity index (χ3v) is 3.16. The average Bonchev–Trinajstić information content (AvgIpc) is 3.31. The van der Waals surface area contributed by atoms with Crippen LogP contribution in [0.2, 0.25) is 0 Å². The Kier molecular flexibility index (Phi) is 13.7. The Bertz CT molecular complexity index is 323. The van der Waals surface area contributed by atoms with Crippen molar-refractivity contribution in [1.29, 1.82) is 0 Å². The summed E-state index contributed by atoms with van der Waals surface area (Å²) in [6, 6.07) is 0.